The summed E-state index contributed by atoms with van der Waals surface area (Å²) in [5.41, 5.74) is 2.37. The molecule has 1 saturated heterocycles. The molecule has 128 valence electrons. The minimum absolute atomic E-state index is 0.0514. The van der Waals surface area contributed by atoms with Crippen LogP contribution in [0.4, 0.5) is 0 Å². The van der Waals surface area contributed by atoms with E-state index in [-0.39, 0.29) is 5.69 Å². The largest absolute Gasteiger partial charge is 0.345 e. The lowest BCUT2D eigenvalue weighted by Crippen LogP contribution is -2.38. The van der Waals surface area contributed by atoms with Gasteiger partial charge < -0.3 is 0 Å². The van der Waals surface area contributed by atoms with Gasteiger partial charge >= 0.3 is 5.69 Å². The number of piperidine rings is 1. The molecule has 0 bridgehead atoms. The number of nitrogens with zero attached hydrogens (tertiary/aromatic N) is 5. The summed E-state index contributed by atoms with van der Waals surface area (Å²) < 4.78 is 3.50. The van der Waals surface area contributed by atoms with Crippen molar-refractivity contribution < 1.29 is 0 Å². The summed E-state index contributed by atoms with van der Waals surface area (Å²) in [6.45, 7) is 4.97. The van der Waals surface area contributed by atoms with E-state index < -0.39 is 0 Å². The molecule has 4 rings (SSSR count). The number of hydrogen-bond acceptors (Lipinski definition) is 4. The SMILES string of the molecule is Cc1ccc(CN2CCC(n3c(C4CC4)nn(C)c3=O)CC2)nc1. The van der Waals surface area contributed by atoms with Crippen molar-refractivity contribution in [2.45, 2.75) is 51.1 Å². The molecule has 2 aromatic rings. The van der Waals surface area contributed by atoms with E-state index in [0.717, 1.165) is 44.0 Å². The van der Waals surface area contributed by atoms with E-state index in [2.05, 4.69) is 34.0 Å². The first-order valence-electron chi connectivity index (χ1n) is 8.91. The normalized spacial score (nSPS) is 19.8. The predicted molar refractivity (Wildman–Crippen MR) is 92.0 cm³/mol. The van der Waals surface area contributed by atoms with Crippen molar-refractivity contribution in [2.75, 3.05) is 13.1 Å². The number of likely N-dealkylation sites (tertiary alicyclic amines) is 1. The number of rotatable bonds is 4. The zero-order chi connectivity index (χ0) is 16.7. The van der Waals surface area contributed by atoms with Crippen molar-refractivity contribution in [1.82, 2.24) is 24.2 Å². The quantitative estimate of drug-likeness (QED) is 0.862. The molecule has 0 amide bonds. The van der Waals surface area contributed by atoms with Crippen molar-refractivity contribution in [3.05, 3.63) is 45.9 Å². The second-order valence-electron chi connectivity index (χ2n) is 7.24. The van der Waals surface area contributed by atoms with Crippen LogP contribution in [-0.4, -0.2) is 37.3 Å². The second-order valence-corrected chi connectivity index (χ2v) is 7.24. The molecular weight excluding hydrogens is 302 g/mol. The van der Waals surface area contributed by atoms with Crippen LogP contribution in [0, 0.1) is 6.92 Å². The molecule has 1 saturated carbocycles. The van der Waals surface area contributed by atoms with Crippen LogP contribution in [0.3, 0.4) is 0 Å². The maximum Gasteiger partial charge on any atom is 0.345 e. The molecule has 0 unspecified atom stereocenters. The third-order valence-electron chi connectivity index (χ3n) is 5.21. The molecule has 1 aliphatic carbocycles. The van der Waals surface area contributed by atoms with Crippen LogP contribution in [0.2, 0.25) is 0 Å². The van der Waals surface area contributed by atoms with Crippen LogP contribution >= 0.6 is 0 Å². The van der Waals surface area contributed by atoms with E-state index in [9.17, 15) is 4.79 Å². The summed E-state index contributed by atoms with van der Waals surface area (Å²) in [5.74, 6) is 1.52. The van der Waals surface area contributed by atoms with Gasteiger partial charge in [-0.15, -0.1) is 0 Å². The molecule has 6 heteroatoms. The Kier molecular flexibility index (Phi) is 4.00. The highest BCUT2D eigenvalue weighted by molar-refractivity contribution is 5.12. The molecule has 24 heavy (non-hydrogen) atoms. The summed E-state index contributed by atoms with van der Waals surface area (Å²) in [4.78, 5) is 19.4. The molecule has 0 aromatic carbocycles. The summed E-state index contributed by atoms with van der Waals surface area (Å²) in [7, 11) is 1.77. The van der Waals surface area contributed by atoms with Gasteiger partial charge in [0.15, 0.2) is 0 Å². The number of aromatic nitrogens is 4. The molecule has 1 aliphatic heterocycles. The minimum atomic E-state index is 0.0514. The molecular formula is C18H25N5O. The van der Waals surface area contributed by atoms with E-state index in [0.29, 0.717) is 12.0 Å². The Morgan fingerprint density at radius 1 is 1.17 bits per heavy atom. The molecule has 2 aromatic heterocycles. The molecule has 2 fully saturated rings. The highest BCUT2D eigenvalue weighted by Crippen LogP contribution is 2.40. The van der Waals surface area contributed by atoms with Crippen molar-refractivity contribution in [3.8, 4) is 0 Å². The summed E-state index contributed by atoms with van der Waals surface area (Å²) in [6, 6.07) is 4.52. The highest BCUT2D eigenvalue weighted by Gasteiger charge is 2.33. The van der Waals surface area contributed by atoms with Crippen LogP contribution in [0.1, 0.15) is 54.7 Å². The molecule has 3 heterocycles. The van der Waals surface area contributed by atoms with E-state index in [1.54, 1.807) is 7.05 Å². The Labute approximate surface area is 142 Å². The zero-order valence-electron chi connectivity index (χ0n) is 14.5. The van der Waals surface area contributed by atoms with Crippen molar-refractivity contribution in [2.24, 2.45) is 7.05 Å². The number of aryl methyl sites for hydroxylation is 2. The molecule has 0 N–H and O–H groups in total. The van der Waals surface area contributed by atoms with Gasteiger partial charge in [-0.05, 0) is 44.2 Å². The molecule has 0 spiro atoms. The van der Waals surface area contributed by atoms with Gasteiger partial charge in [-0.2, -0.15) is 5.10 Å². The van der Waals surface area contributed by atoms with Crippen molar-refractivity contribution in [3.63, 3.8) is 0 Å². The molecule has 6 nitrogen and oxygen atoms in total. The lowest BCUT2D eigenvalue weighted by Gasteiger charge is -2.32. The molecule has 2 aliphatic rings. The second kappa shape index (κ2) is 6.16. The first-order valence-corrected chi connectivity index (χ1v) is 8.91. The lowest BCUT2D eigenvalue weighted by atomic mass is 10.0. The topological polar surface area (TPSA) is 56.0 Å². The number of pyridine rings is 1. The van der Waals surface area contributed by atoms with Gasteiger partial charge in [-0.25, -0.2) is 9.48 Å². The van der Waals surface area contributed by atoms with Crippen molar-refractivity contribution >= 4 is 0 Å². The number of hydrogen-bond donors (Lipinski definition) is 0. The zero-order valence-corrected chi connectivity index (χ0v) is 14.5. The van der Waals surface area contributed by atoms with Crippen LogP contribution in [-0.2, 0) is 13.6 Å². The standard InChI is InChI=1S/C18H25N5O/c1-13-3-6-15(19-11-13)12-22-9-7-16(8-10-22)23-17(14-4-5-14)20-21(2)18(23)24/h3,6,11,14,16H,4-5,7-10,12H2,1-2H3. The average Bonchev–Trinajstić information content (AvgIpc) is 3.38. The Hall–Kier alpha value is -1.95. The maximum atomic E-state index is 12.5. The summed E-state index contributed by atoms with van der Waals surface area (Å²) >= 11 is 0. The average molecular weight is 327 g/mol. The van der Waals surface area contributed by atoms with E-state index in [4.69, 9.17) is 0 Å². The Morgan fingerprint density at radius 2 is 1.92 bits per heavy atom. The third kappa shape index (κ3) is 3.02. The van der Waals surface area contributed by atoms with Gasteiger partial charge in [0.25, 0.3) is 0 Å². The first kappa shape index (κ1) is 15.6. The van der Waals surface area contributed by atoms with Crippen LogP contribution < -0.4 is 5.69 Å². The van der Waals surface area contributed by atoms with Gasteiger partial charge in [0.1, 0.15) is 5.82 Å². The van der Waals surface area contributed by atoms with E-state index >= 15 is 0 Å². The summed E-state index contributed by atoms with van der Waals surface area (Å²) in [6.07, 6.45) is 6.30. The Balaban J connectivity index is 1.43. The van der Waals surface area contributed by atoms with Gasteiger partial charge in [0, 0.05) is 44.8 Å². The van der Waals surface area contributed by atoms with E-state index in [1.165, 1.54) is 23.1 Å². The fourth-order valence-corrected chi connectivity index (χ4v) is 3.62. The maximum absolute atomic E-state index is 12.5. The first-order chi connectivity index (χ1) is 11.6. The lowest BCUT2D eigenvalue weighted by molar-refractivity contribution is 0.174. The third-order valence-corrected chi connectivity index (χ3v) is 5.21. The smallest absolute Gasteiger partial charge is 0.297 e. The monoisotopic (exact) mass is 327 g/mol. The summed E-state index contributed by atoms with van der Waals surface area (Å²) in [5, 5.41) is 4.49. The fourth-order valence-electron chi connectivity index (χ4n) is 3.62. The van der Waals surface area contributed by atoms with Gasteiger partial charge in [-0.3, -0.25) is 14.5 Å². The van der Waals surface area contributed by atoms with Crippen LogP contribution in [0.5, 0.6) is 0 Å². The van der Waals surface area contributed by atoms with Gasteiger partial charge in [0.2, 0.25) is 0 Å². The molecule has 0 radical (unpaired) electrons. The fraction of sp³-hybridized carbons (Fsp3) is 0.611. The Morgan fingerprint density at radius 3 is 2.54 bits per heavy atom. The predicted octanol–water partition coefficient (Wildman–Crippen LogP) is 2.00. The van der Waals surface area contributed by atoms with Crippen LogP contribution in [0.15, 0.2) is 23.1 Å². The minimum Gasteiger partial charge on any atom is -0.297 e. The van der Waals surface area contributed by atoms with Gasteiger partial charge in [-0.1, -0.05) is 6.07 Å². The van der Waals surface area contributed by atoms with E-state index in [1.807, 2.05) is 10.8 Å². The highest BCUT2D eigenvalue weighted by atomic mass is 16.2. The molecule has 0 atom stereocenters. The van der Waals surface area contributed by atoms with Gasteiger partial charge in [0.05, 0.1) is 5.69 Å². The Bertz CT molecular complexity index is 764. The van der Waals surface area contributed by atoms with Crippen molar-refractivity contribution in [1.29, 1.82) is 0 Å². The van der Waals surface area contributed by atoms with Crippen LogP contribution in [0.25, 0.3) is 0 Å².